The van der Waals surface area contributed by atoms with Crippen LogP contribution in [0.5, 0.6) is 5.19 Å². The van der Waals surface area contributed by atoms with E-state index in [0.29, 0.717) is 10.7 Å². The Hall–Kier alpha value is -1.87. The highest BCUT2D eigenvalue weighted by molar-refractivity contribution is 7.13. The molecule has 1 heterocycles. The van der Waals surface area contributed by atoms with Crippen molar-refractivity contribution in [1.82, 2.24) is 10.2 Å². The average Bonchev–Trinajstić information content (AvgIpc) is 2.96. The monoisotopic (exact) mass is 379 g/mol. The zero-order valence-electron chi connectivity index (χ0n) is 12.7. The van der Waals surface area contributed by atoms with E-state index in [-0.39, 0.29) is 22.6 Å². The predicted octanol–water partition coefficient (Wildman–Crippen LogP) is 4.03. The molecule has 0 radical (unpaired) electrons. The number of anilines is 1. The fourth-order valence-electron chi connectivity index (χ4n) is 1.92. The minimum absolute atomic E-state index is 0.221. The second kappa shape index (κ2) is 7.35. The Balaban J connectivity index is 2.09. The molecule has 0 N–H and O–H groups in total. The molecular weight excluding hydrogens is 367 g/mol. The quantitative estimate of drug-likeness (QED) is 0.787. The molecule has 0 saturated heterocycles. The van der Waals surface area contributed by atoms with E-state index >= 15 is 0 Å². The van der Waals surface area contributed by atoms with E-state index in [1.165, 1.54) is 4.90 Å². The molecule has 5 nitrogen and oxygen atoms in total. The Morgan fingerprint density at radius 1 is 1.33 bits per heavy atom. The topological polar surface area (TPSA) is 55.3 Å². The number of alkyl halides is 3. The number of aromatic nitrogens is 2. The summed E-state index contributed by atoms with van der Waals surface area (Å²) < 4.78 is 42.4. The van der Waals surface area contributed by atoms with Crippen LogP contribution in [0.25, 0.3) is 0 Å². The minimum atomic E-state index is -4.59. The first-order chi connectivity index (χ1) is 11.2. The summed E-state index contributed by atoms with van der Waals surface area (Å²) >= 11 is 6.33. The van der Waals surface area contributed by atoms with Crippen LogP contribution in [0.1, 0.15) is 18.9 Å². The second-order valence-electron chi connectivity index (χ2n) is 4.97. The summed E-state index contributed by atoms with van der Waals surface area (Å²) in [6.45, 7) is 3.10. The number of para-hydroxylation sites is 1. The highest BCUT2D eigenvalue weighted by Gasteiger charge is 2.36. The van der Waals surface area contributed by atoms with Crippen molar-refractivity contribution in [3.8, 4) is 5.19 Å². The van der Waals surface area contributed by atoms with Crippen molar-refractivity contribution < 1.29 is 22.7 Å². The summed E-state index contributed by atoms with van der Waals surface area (Å²) in [5.41, 5.74) is 0.496. The molecule has 0 saturated carbocycles. The summed E-state index contributed by atoms with van der Waals surface area (Å²) in [7, 11) is 0. The number of carbonyl (C=O) groups excluding carboxylic acids is 1. The molecule has 1 amide bonds. The third-order valence-corrected chi connectivity index (χ3v) is 4.07. The van der Waals surface area contributed by atoms with Crippen molar-refractivity contribution in [1.29, 1.82) is 0 Å². The third kappa shape index (κ3) is 4.35. The van der Waals surface area contributed by atoms with Gasteiger partial charge < -0.3 is 9.64 Å². The average molecular weight is 380 g/mol. The van der Waals surface area contributed by atoms with Gasteiger partial charge in [-0.05, 0) is 26.0 Å². The van der Waals surface area contributed by atoms with Crippen LogP contribution in [0, 0.1) is 0 Å². The fraction of sp³-hybridized carbons (Fsp3) is 0.357. The Morgan fingerprint density at radius 2 is 2.00 bits per heavy atom. The lowest BCUT2D eigenvalue weighted by molar-refractivity contribution is -0.138. The summed E-state index contributed by atoms with van der Waals surface area (Å²) in [4.78, 5) is 13.8. The molecule has 2 rings (SSSR count). The van der Waals surface area contributed by atoms with Crippen molar-refractivity contribution in [2.45, 2.75) is 26.1 Å². The maximum atomic E-state index is 12.5. The van der Waals surface area contributed by atoms with E-state index in [0.717, 1.165) is 0 Å². The molecular formula is C14H13ClF3N3O2S. The summed E-state index contributed by atoms with van der Waals surface area (Å²) in [5.74, 6) is -0.457. The number of hydrogen-bond donors (Lipinski definition) is 0. The Morgan fingerprint density at radius 3 is 2.54 bits per heavy atom. The maximum Gasteiger partial charge on any atom is 0.445 e. The summed E-state index contributed by atoms with van der Waals surface area (Å²) in [6, 6.07) is 6.55. The largest absolute Gasteiger partial charge is 0.459 e. The van der Waals surface area contributed by atoms with Gasteiger partial charge in [-0.25, -0.2) is 0 Å². The van der Waals surface area contributed by atoms with Crippen molar-refractivity contribution >= 4 is 34.5 Å². The van der Waals surface area contributed by atoms with Crippen LogP contribution >= 0.6 is 22.9 Å². The lowest BCUT2D eigenvalue weighted by atomic mass is 10.2. The van der Waals surface area contributed by atoms with Crippen molar-refractivity contribution in [2.75, 3.05) is 11.5 Å². The first kappa shape index (κ1) is 18.5. The molecule has 0 atom stereocenters. The molecule has 130 valence electrons. The van der Waals surface area contributed by atoms with Gasteiger partial charge in [0.05, 0.1) is 10.7 Å². The number of benzene rings is 1. The van der Waals surface area contributed by atoms with Gasteiger partial charge in [-0.1, -0.05) is 40.2 Å². The van der Waals surface area contributed by atoms with E-state index in [1.54, 1.807) is 38.1 Å². The van der Waals surface area contributed by atoms with E-state index in [4.69, 9.17) is 16.3 Å². The first-order valence-electron chi connectivity index (χ1n) is 6.80. The number of rotatable bonds is 5. The van der Waals surface area contributed by atoms with Crippen LogP contribution in [-0.2, 0) is 11.0 Å². The molecule has 10 heteroatoms. The van der Waals surface area contributed by atoms with Crippen LogP contribution in [0.4, 0.5) is 18.9 Å². The number of amides is 1. The van der Waals surface area contributed by atoms with E-state index in [1.807, 2.05) is 0 Å². The predicted molar refractivity (Wildman–Crippen MR) is 84.5 cm³/mol. The third-order valence-electron chi connectivity index (χ3n) is 2.87. The van der Waals surface area contributed by atoms with Crippen molar-refractivity contribution in [2.24, 2.45) is 0 Å². The van der Waals surface area contributed by atoms with Gasteiger partial charge in [0.25, 0.3) is 11.1 Å². The number of nitrogens with zero attached hydrogens (tertiary/aromatic N) is 3. The van der Waals surface area contributed by atoms with Gasteiger partial charge in [-0.3, -0.25) is 4.79 Å². The number of halogens is 4. The highest BCUT2D eigenvalue weighted by atomic mass is 35.5. The minimum Gasteiger partial charge on any atom is -0.459 e. The van der Waals surface area contributed by atoms with Gasteiger partial charge in [0.2, 0.25) is 5.01 Å². The molecule has 1 aromatic heterocycles. The van der Waals surface area contributed by atoms with Crippen molar-refractivity contribution in [3.63, 3.8) is 0 Å². The Labute approximate surface area is 145 Å². The molecule has 0 spiro atoms. The standard InChI is InChI=1S/C14H13ClF3N3O2S/c1-8(2)21(10-6-4-3-5-9(10)15)11(22)7-23-13-20-19-12(24-13)14(16,17)18/h3-6,8H,7H2,1-2H3. The second-order valence-corrected chi connectivity index (χ2v) is 6.32. The summed E-state index contributed by atoms with van der Waals surface area (Å²) in [6.07, 6.45) is -4.59. The van der Waals surface area contributed by atoms with Crippen molar-refractivity contribution in [3.05, 3.63) is 34.3 Å². The van der Waals surface area contributed by atoms with E-state index < -0.39 is 23.7 Å². The maximum absolute atomic E-state index is 12.5. The smallest absolute Gasteiger partial charge is 0.445 e. The van der Waals surface area contributed by atoms with Crippen LogP contribution in [0.3, 0.4) is 0 Å². The molecule has 0 unspecified atom stereocenters. The molecule has 0 aliphatic heterocycles. The first-order valence-corrected chi connectivity index (χ1v) is 7.99. The normalized spacial score (nSPS) is 11.6. The Kier molecular flexibility index (Phi) is 5.66. The highest BCUT2D eigenvalue weighted by Crippen LogP contribution is 2.34. The molecule has 2 aromatic rings. The zero-order valence-corrected chi connectivity index (χ0v) is 14.2. The van der Waals surface area contributed by atoms with Gasteiger partial charge in [0.15, 0.2) is 6.61 Å². The van der Waals surface area contributed by atoms with E-state index in [2.05, 4.69) is 10.2 Å². The van der Waals surface area contributed by atoms with Gasteiger partial charge in [0.1, 0.15) is 0 Å². The molecule has 24 heavy (non-hydrogen) atoms. The molecule has 0 aliphatic rings. The Bertz CT molecular complexity index is 721. The number of carbonyl (C=O) groups is 1. The summed E-state index contributed by atoms with van der Waals surface area (Å²) in [5, 5.41) is 5.20. The number of hydrogen-bond acceptors (Lipinski definition) is 5. The van der Waals surface area contributed by atoms with Gasteiger partial charge in [0, 0.05) is 6.04 Å². The molecule has 1 aromatic carbocycles. The van der Waals surface area contributed by atoms with Crippen LogP contribution < -0.4 is 9.64 Å². The lowest BCUT2D eigenvalue weighted by Crippen LogP contribution is -2.40. The fourth-order valence-corrected chi connectivity index (χ4v) is 2.71. The van der Waals surface area contributed by atoms with Gasteiger partial charge >= 0.3 is 6.18 Å². The van der Waals surface area contributed by atoms with E-state index in [9.17, 15) is 18.0 Å². The SMILES string of the molecule is CC(C)N(C(=O)COc1nnc(C(F)(F)F)s1)c1ccccc1Cl. The zero-order chi connectivity index (χ0) is 17.9. The lowest BCUT2D eigenvalue weighted by Gasteiger charge is -2.27. The molecule has 0 aliphatic carbocycles. The van der Waals surface area contributed by atoms with Crippen LogP contribution in [-0.4, -0.2) is 28.8 Å². The van der Waals surface area contributed by atoms with Gasteiger partial charge in [-0.15, -0.1) is 5.10 Å². The van der Waals surface area contributed by atoms with Crippen LogP contribution in [0.2, 0.25) is 5.02 Å². The molecule has 0 fully saturated rings. The molecule has 0 bridgehead atoms. The van der Waals surface area contributed by atoms with Gasteiger partial charge in [-0.2, -0.15) is 13.2 Å². The number of ether oxygens (including phenoxy) is 1. The van der Waals surface area contributed by atoms with Crippen LogP contribution in [0.15, 0.2) is 24.3 Å².